The number of rotatable bonds is 6. The second-order valence-corrected chi connectivity index (χ2v) is 5.68. The summed E-state index contributed by atoms with van der Waals surface area (Å²) in [5.41, 5.74) is 0. The molecular formula is C14H22N2O3S. The fourth-order valence-electron chi connectivity index (χ4n) is 2.66. The van der Waals surface area contributed by atoms with Gasteiger partial charge in [-0.3, -0.25) is 9.69 Å². The molecule has 0 saturated carbocycles. The Morgan fingerprint density at radius 1 is 1.50 bits per heavy atom. The first-order chi connectivity index (χ1) is 9.71. The summed E-state index contributed by atoms with van der Waals surface area (Å²) < 4.78 is 10.4. The number of ether oxygens (including phenoxy) is 2. The summed E-state index contributed by atoms with van der Waals surface area (Å²) in [7, 11) is 3.13. The number of likely N-dealkylation sites (N-methyl/N-ethyl adjacent to an activating group) is 1. The van der Waals surface area contributed by atoms with Gasteiger partial charge in [0.1, 0.15) is 4.88 Å². The number of methoxy groups -OCH3 is 2. The SMILES string of the molecule is CCN1CCCC1CNC(=O)c1scc(OC)c1OC. The van der Waals surface area contributed by atoms with Gasteiger partial charge in [-0.1, -0.05) is 6.92 Å². The highest BCUT2D eigenvalue weighted by Gasteiger charge is 2.25. The second kappa shape index (κ2) is 6.95. The van der Waals surface area contributed by atoms with Gasteiger partial charge < -0.3 is 14.8 Å². The van der Waals surface area contributed by atoms with Gasteiger partial charge >= 0.3 is 0 Å². The maximum Gasteiger partial charge on any atom is 0.265 e. The molecule has 1 fully saturated rings. The lowest BCUT2D eigenvalue weighted by Crippen LogP contribution is -2.39. The summed E-state index contributed by atoms with van der Waals surface area (Å²) in [5.74, 6) is 1.05. The average Bonchev–Trinajstić information content (AvgIpc) is 3.09. The van der Waals surface area contributed by atoms with Gasteiger partial charge in [-0.25, -0.2) is 0 Å². The van der Waals surface area contributed by atoms with E-state index in [4.69, 9.17) is 9.47 Å². The van der Waals surface area contributed by atoms with E-state index in [1.807, 2.05) is 0 Å². The van der Waals surface area contributed by atoms with Crippen LogP contribution in [0.1, 0.15) is 29.4 Å². The summed E-state index contributed by atoms with van der Waals surface area (Å²) in [6.45, 7) is 5.02. The molecule has 1 unspecified atom stereocenters. The van der Waals surface area contributed by atoms with Crippen LogP contribution in [0.2, 0.25) is 0 Å². The lowest BCUT2D eigenvalue weighted by Gasteiger charge is -2.22. The molecule has 1 aromatic rings. The van der Waals surface area contributed by atoms with Crippen LogP contribution in [0, 0.1) is 0 Å². The third kappa shape index (κ3) is 3.07. The number of likely N-dealkylation sites (tertiary alicyclic amines) is 1. The maximum absolute atomic E-state index is 12.3. The molecule has 0 bridgehead atoms. The lowest BCUT2D eigenvalue weighted by molar-refractivity contribution is 0.0942. The molecule has 2 heterocycles. The van der Waals surface area contributed by atoms with E-state index in [0.29, 0.717) is 29.0 Å². The van der Waals surface area contributed by atoms with Crippen molar-refractivity contribution in [3.05, 3.63) is 10.3 Å². The molecule has 1 aliphatic rings. The second-order valence-electron chi connectivity index (χ2n) is 4.80. The highest BCUT2D eigenvalue weighted by molar-refractivity contribution is 7.12. The minimum absolute atomic E-state index is 0.0851. The van der Waals surface area contributed by atoms with E-state index < -0.39 is 0 Å². The van der Waals surface area contributed by atoms with Crippen LogP contribution in [0.4, 0.5) is 0 Å². The van der Waals surface area contributed by atoms with E-state index in [0.717, 1.165) is 19.5 Å². The Bertz CT molecular complexity index is 461. The molecule has 112 valence electrons. The van der Waals surface area contributed by atoms with Gasteiger partial charge in [0.2, 0.25) is 0 Å². The predicted octanol–water partition coefficient (Wildman–Crippen LogP) is 1.98. The van der Waals surface area contributed by atoms with E-state index >= 15 is 0 Å². The van der Waals surface area contributed by atoms with Gasteiger partial charge in [0, 0.05) is 18.0 Å². The van der Waals surface area contributed by atoms with Crippen LogP contribution in [0.3, 0.4) is 0 Å². The Balaban J connectivity index is 1.96. The Hall–Kier alpha value is -1.27. The molecule has 1 saturated heterocycles. The van der Waals surface area contributed by atoms with E-state index in [1.165, 1.54) is 17.8 Å². The Morgan fingerprint density at radius 2 is 2.30 bits per heavy atom. The molecule has 1 amide bonds. The molecule has 1 aliphatic heterocycles. The number of carbonyl (C=O) groups excluding carboxylic acids is 1. The maximum atomic E-state index is 12.3. The van der Waals surface area contributed by atoms with Crippen LogP contribution in [0.25, 0.3) is 0 Å². The zero-order valence-electron chi connectivity index (χ0n) is 12.3. The highest BCUT2D eigenvalue weighted by Crippen LogP contribution is 2.36. The van der Waals surface area contributed by atoms with Gasteiger partial charge in [0.25, 0.3) is 5.91 Å². The fraction of sp³-hybridized carbons (Fsp3) is 0.643. The Labute approximate surface area is 123 Å². The monoisotopic (exact) mass is 298 g/mol. The van der Waals surface area contributed by atoms with Crippen LogP contribution in [-0.4, -0.2) is 50.7 Å². The quantitative estimate of drug-likeness (QED) is 0.872. The fourth-order valence-corrected chi connectivity index (χ4v) is 3.55. The van der Waals surface area contributed by atoms with Crippen molar-refractivity contribution >= 4 is 17.2 Å². The zero-order valence-corrected chi connectivity index (χ0v) is 13.1. The first-order valence-corrected chi connectivity index (χ1v) is 7.80. The summed E-state index contributed by atoms with van der Waals surface area (Å²) in [6, 6.07) is 0.455. The van der Waals surface area contributed by atoms with Crippen molar-refractivity contribution in [2.75, 3.05) is 33.9 Å². The third-order valence-electron chi connectivity index (χ3n) is 3.75. The van der Waals surface area contributed by atoms with Crippen molar-refractivity contribution in [2.45, 2.75) is 25.8 Å². The van der Waals surface area contributed by atoms with Gasteiger partial charge in [-0.15, -0.1) is 11.3 Å². The molecule has 0 spiro atoms. The summed E-state index contributed by atoms with van der Waals surface area (Å²) in [4.78, 5) is 15.2. The van der Waals surface area contributed by atoms with Gasteiger partial charge in [0.05, 0.1) is 14.2 Å². The van der Waals surface area contributed by atoms with Crippen molar-refractivity contribution in [3.63, 3.8) is 0 Å². The molecule has 2 rings (SSSR count). The summed E-state index contributed by atoms with van der Waals surface area (Å²) in [5, 5.41) is 4.80. The van der Waals surface area contributed by atoms with Crippen LogP contribution < -0.4 is 14.8 Å². The number of carbonyl (C=O) groups is 1. The van der Waals surface area contributed by atoms with Crippen molar-refractivity contribution in [1.82, 2.24) is 10.2 Å². The van der Waals surface area contributed by atoms with E-state index in [2.05, 4.69) is 17.1 Å². The average molecular weight is 298 g/mol. The number of hydrogen-bond acceptors (Lipinski definition) is 5. The van der Waals surface area contributed by atoms with Gasteiger partial charge in [-0.05, 0) is 25.9 Å². The normalized spacial score (nSPS) is 19.1. The molecule has 5 nitrogen and oxygen atoms in total. The molecule has 0 radical (unpaired) electrons. The Kier molecular flexibility index (Phi) is 5.25. The number of amides is 1. The van der Waals surface area contributed by atoms with Crippen LogP contribution in [0.15, 0.2) is 5.38 Å². The first kappa shape index (κ1) is 15.1. The van der Waals surface area contributed by atoms with E-state index in [9.17, 15) is 4.79 Å². The molecule has 20 heavy (non-hydrogen) atoms. The molecule has 1 N–H and O–H groups in total. The van der Waals surface area contributed by atoms with E-state index in [-0.39, 0.29) is 5.91 Å². The minimum Gasteiger partial charge on any atom is -0.492 e. The largest absolute Gasteiger partial charge is 0.492 e. The molecular weight excluding hydrogens is 276 g/mol. The summed E-state index contributed by atoms with van der Waals surface area (Å²) >= 11 is 1.35. The number of hydrogen-bond donors (Lipinski definition) is 1. The first-order valence-electron chi connectivity index (χ1n) is 6.93. The van der Waals surface area contributed by atoms with Gasteiger partial charge in [-0.2, -0.15) is 0 Å². The van der Waals surface area contributed by atoms with Crippen molar-refractivity contribution in [1.29, 1.82) is 0 Å². The highest BCUT2D eigenvalue weighted by atomic mass is 32.1. The van der Waals surface area contributed by atoms with E-state index in [1.54, 1.807) is 19.6 Å². The number of nitrogens with zero attached hydrogens (tertiary/aromatic N) is 1. The van der Waals surface area contributed by atoms with Crippen molar-refractivity contribution < 1.29 is 14.3 Å². The molecule has 1 aromatic heterocycles. The number of thiophene rings is 1. The topological polar surface area (TPSA) is 50.8 Å². The van der Waals surface area contributed by atoms with Crippen LogP contribution in [0.5, 0.6) is 11.5 Å². The predicted molar refractivity (Wildman–Crippen MR) is 80.0 cm³/mol. The number of nitrogens with one attached hydrogen (secondary N) is 1. The third-order valence-corrected chi connectivity index (χ3v) is 4.69. The summed E-state index contributed by atoms with van der Waals surface area (Å²) in [6.07, 6.45) is 2.36. The van der Waals surface area contributed by atoms with Gasteiger partial charge in [0.15, 0.2) is 11.5 Å². The standard InChI is InChI=1S/C14H22N2O3S/c1-4-16-7-5-6-10(16)8-15-14(17)13-12(19-3)11(18-2)9-20-13/h9-10H,4-8H2,1-3H3,(H,15,17). The lowest BCUT2D eigenvalue weighted by atomic mass is 10.2. The Morgan fingerprint density at radius 3 is 2.95 bits per heavy atom. The minimum atomic E-state index is -0.0851. The van der Waals surface area contributed by atoms with Crippen molar-refractivity contribution in [3.8, 4) is 11.5 Å². The van der Waals surface area contributed by atoms with Crippen LogP contribution >= 0.6 is 11.3 Å². The molecule has 0 aromatic carbocycles. The molecule has 1 atom stereocenters. The molecule has 0 aliphatic carbocycles. The molecule has 6 heteroatoms. The zero-order chi connectivity index (χ0) is 14.5. The van der Waals surface area contributed by atoms with Crippen LogP contribution in [-0.2, 0) is 0 Å². The van der Waals surface area contributed by atoms with Crippen molar-refractivity contribution in [2.24, 2.45) is 0 Å². The smallest absolute Gasteiger partial charge is 0.265 e.